The van der Waals surface area contributed by atoms with Crippen LogP contribution in [0.25, 0.3) is 0 Å². The van der Waals surface area contributed by atoms with Crippen LogP contribution in [0.2, 0.25) is 0 Å². The molecule has 0 radical (unpaired) electrons. The van der Waals surface area contributed by atoms with E-state index < -0.39 is 0 Å². The Morgan fingerprint density at radius 2 is 0.891 bits per heavy atom. The van der Waals surface area contributed by atoms with Crippen molar-refractivity contribution in [2.75, 3.05) is 6.61 Å². The molecule has 2 aromatic carbocycles. The summed E-state index contributed by atoms with van der Waals surface area (Å²) in [5.41, 5.74) is 3.37. The Hall–Kier alpha value is -3.33. The monoisotopic (exact) mass is 881 g/mol. The molecule has 356 valence electrons. The van der Waals surface area contributed by atoms with Crippen LogP contribution in [0.5, 0.6) is 23.1 Å². The normalized spacial score (nSPS) is 23.8. The number of hydrogen-bond donors (Lipinski definition) is 3. The zero-order valence-corrected chi connectivity index (χ0v) is 42.6. The van der Waals surface area contributed by atoms with Crippen LogP contribution in [0.4, 0.5) is 0 Å². The van der Waals surface area contributed by atoms with Gasteiger partial charge in [0.05, 0.1) is 12.8 Å². The third-order valence-corrected chi connectivity index (χ3v) is 13.3. The van der Waals surface area contributed by atoms with Crippen LogP contribution in [0.3, 0.4) is 0 Å². The van der Waals surface area contributed by atoms with E-state index in [4.69, 9.17) is 18.9 Å². The second kappa shape index (κ2) is 20.3. The summed E-state index contributed by atoms with van der Waals surface area (Å²) in [5.74, 6) is 3.43. The summed E-state index contributed by atoms with van der Waals surface area (Å²) in [7, 11) is 0. The fourth-order valence-corrected chi connectivity index (χ4v) is 9.61. The summed E-state index contributed by atoms with van der Waals surface area (Å²) in [6, 6.07) is 23.1. The topological polar surface area (TPSA) is 85.9 Å². The number of hydrogen-bond acceptors (Lipinski definition) is 8. The maximum atomic E-state index is 6.48. The average molecular weight is 881 g/mol. The van der Waals surface area contributed by atoms with Crippen LogP contribution in [-0.2, 0) is 12.8 Å². The summed E-state index contributed by atoms with van der Waals surface area (Å²) >= 11 is 0. The van der Waals surface area contributed by atoms with E-state index in [2.05, 4.69) is 166 Å². The fourth-order valence-electron chi connectivity index (χ4n) is 9.61. The Labute approximate surface area is 389 Å². The number of ether oxygens (including phenoxy) is 4. The third kappa shape index (κ3) is 16.8. The lowest BCUT2D eigenvalue weighted by Crippen LogP contribution is -2.56. The standard InChI is InChI=1S/C56H88N4O4/c1-51(2,3)35-39-15-19-44(20-16-39)63-48-33-43(34-48)60-56(14,27-25-54(10,11)36-40-17-21-45(22-18-40)62-47-29-41(30-47)58-52(4,5)6)28-26-55(12,13)38-61-46-23-24-50(57-37-46)64-49-31-42(32-49)59-53(7,8)9/h15-24,37,41-43,47-49,58-60H,25-36,38H2,1-14H3/t41?,42?,43?,47?,48?,49?,56-/m0/s1. The van der Waals surface area contributed by atoms with Crippen LogP contribution < -0.4 is 34.9 Å². The molecule has 1 aromatic heterocycles. The second-order valence-electron chi connectivity index (χ2n) is 25.4. The molecule has 3 N–H and O–H groups in total. The molecular formula is C56H88N4O4. The van der Waals surface area contributed by atoms with Gasteiger partial charge in [-0.05, 0) is 183 Å². The highest BCUT2D eigenvalue weighted by Gasteiger charge is 2.39. The highest BCUT2D eigenvalue weighted by atomic mass is 16.5. The molecule has 3 saturated carbocycles. The molecule has 0 unspecified atom stereocenters. The van der Waals surface area contributed by atoms with E-state index in [9.17, 15) is 0 Å². The predicted molar refractivity (Wildman–Crippen MR) is 265 cm³/mol. The molecule has 8 nitrogen and oxygen atoms in total. The van der Waals surface area contributed by atoms with Crippen molar-refractivity contribution in [3.8, 4) is 23.1 Å². The molecule has 0 bridgehead atoms. The molecule has 3 aliphatic rings. The molecule has 0 saturated heterocycles. The molecule has 0 amide bonds. The maximum absolute atomic E-state index is 6.48. The van der Waals surface area contributed by atoms with Crippen molar-refractivity contribution in [3.05, 3.63) is 78.0 Å². The van der Waals surface area contributed by atoms with Crippen LogP contribution in [-0.4, -0.2) is 64.6 Å². The van der Waals surface area contributed by atoms with Gasteiger partial charge in [-0.15, -0.1) is 0 Å². The fraction of sp³-hybridized carbons (Fsp3) is 0.696. The van der Waals surface area contributed by atoms with Gasteiger partial charge in [0.15, 0.2) is 0 Å². The van der Waals surface area contributed by atoms with E-state index in [0.717, 1.165) is 94.3 Å². The van der Waals surface area contributed by atoms with Gasteiger partial charge in [0.2, 0.25) is 5.88 Å². The zero-order valence-electron chi connectivity index (χ0n) is 42.6. The van der Waals surface area contributed by atoms with Gasteiger partial charge in [0.1, 0.15) is 35.6 Å². The van der Waals surface area contributed by atoms with E-state index in [1.807, 2.05) is 18.3 Å². The van der Waals surface area contributed by atoms with Crippen LogP contribution >= 0.6 is 0 Å². The molecular weight excluding hydrogens is 793 g/mol. The second-order valence-corrected chi connectivity index (χ2v) is 25.4. The minimum Gasteiger partial charge on any atom is -0.491 e. The average Bonchev–Trinajstić information content (AvgIpc) is 3.13. The molecule has 3 aromatic rings. The van der Waals surface area contributed by atoms with Crippen molar-refractivity contribution in [1.82, 2.24) is 20.9 Å². The van der Waals surface area contributed by atoms with Crippen LogP contribution in [0.1, 0.15) is 172 Å². The van der Waals surface area contributed by atoms with E-state index in [-0.39, 0.29) is 45.1 Å². The minimum absolute atomic E-state index is 0.0215. The van der Waals surface area contributed by atoms with Gasteiger partial charge in [-0.1, -0.05) is 72.7 Å². The van der Waals surface area contributed by atoms with Crippen LogP contribution in [0, 0.1) is 16.2 Å². The number of nitrogens with one attached hydrogen (secondary N) is 3. The SMILES string of the molecule is CC(C)(C)Cc1ccc(OC2CC(N[C@](C)(CCC(C)(C)COc3ccc(OC4CC(NC(C)(C)C)C4)nc3)CCC(C)(C)Cc3ccc(OC4CC(NC(C)(C)C)C4)cc3)C2)cc1. The van der Waals surface area contributed by atoms with Crippen molar-refractivity contribution in [2.45, 2.75) is 227 Å². The summed E-state index contributed by atoms with van der Waals surface area (Å²) in [4.78, 5) is 4.60. The highest BCUT2D eigenvalue weighted by Crippen LogP contribution is 2.38. The zero-order chi connectivity index (χ0) is 46.6. The lowest BCUT2D eigenvalue weighted by Gasteiger charge is -2.44. The first-order chi connectivity index (χ1) is 29.7. The van der Waals surface area contributed by atoms with Gasteiger partial charge in [0.25, 0.3) is 0 Å². The first-order valence-electron chi connectivity index (χ1n) is 24.8. The van der Waals surface area contributed by atoms with Gasteiger partial charge >= 0.3 is 0 Å². The Morgan fingerprint density at radius 1 is 0.469 bits per heavy atom. The van der Waals surface area contributed by atoms with Gasteiger partial charge in [-0.25, -0.2) is 4.98 Å². The highest BCUT2D eigenvalue weighted by molar-refractivity contribution is 5.30. The first kappa shape index (κ1) is 50.1. The molecule has 1 heterocycles. The minimum atomic E-state index is -0.0254. The Kier molecular flexibility index (Phi) is 15.9. The largest absolute Gasteiger partial charge is 0.491 e. The molecule has 3 fully saturated rings. The predicted octanol–water partition coefficient (Wildman–Crippen LogP) is 12.5. The number of nitrogens with zero attached hydrogens (tertiary/aromatic N) is 1. The van der Waals surface area contributed by atoms with E-state index >= 15 is 0 Å². The lowest BCUT2D eigenvalue weighted by molar-refractivity contribution is 0.0586. The van der Waals surface area contributed by atoms with Crippen LogP contribution in [0.15, 0.2) is 66.9 Å². The van der Waals surface area contributed by atoms with E-state index in [0.29, 0.717) is 36.7 Å². The van der Waals surface area contributed by atoms with E-state index in [1.54, 1.807) is 0 Å². The van der Waals surface area contributed by atoms with E-state index in [1.165, 1.54) is 11.1 Å². The summed E-state index contributed by atoms with van der Waals surface area (Å²) in [6.45, 7) is 32.8. The third-order valence-electron chi connectivity index (χ3n) is 13.3. The number of rotatable bonds is 22. The summed E-state index contributed by atoms with van der Waals surface area (Å²) < 4.78 is 25.4. The molecule has 8 heteroatoms. The Balaban J connectivity index is 1.00. The van der Waals surface area contributed by atoms with Gasteiger partial charge in [-0.2, -0.15) is 0 Å². The Morgan fingerprint density at radius 3 is 1.33 bits per heavy atom. The quantitative estimate of drug-likeness (QED) is 0.0920. The number of pyridine rings is 1. The van der Waals surface area contributed by atoms with Crippen molar-refractivity contribution in [3.63, 3.8) is 0 Å². The molecule has 3 aliphatic carbocycles. The molecule has 64 heavy (non-hydrogen) atoms. The number of aromatic nitrogens is 1. The van der Waals surface area contributed by atoms with Crippen molar-refractivity contribution in [2.24, 2.45) is 16.2 Å². The van der Waals surface area contributed by atoms with Crippen molar-refractivity contribution < 1.29 is 18.9 Å². The summed E-state index contributed by atoms with van der Waals surface area (Å²) in [5, 5.41) is 11.6. The molecule has 0 aliphatic heterocycles. The molecule has 1 atom stereocenters. The molecule has 0 spiro atoms. The van der Waals surface area contributed by atoms with Gasteiger partial charge in [0, 0.05) is 40.8 Å². The maximum Gasteiger partial charge on any atom is 0.213 e. The number of benzene rings is 2. The van der Waals surface area contributed by atoms with Crippen molar-refractivity contribution in [1.29, 1.82) is 0 Å². The lowest BCUT2D eigenvalue weighted by atomic mass is 9.74. The van der Waals surface area contributed by atoms with Crippen molar-refractivity contribution >= 4 is 0 Å². The first-order valence-corrected chi connectivity index (χ1v) is 24.8. The summed E-state index contributed by atoms with van der Waals surface area (Å²) in [6.07, 6.45) is 15.2. The molecule has 6 rings (SSSR count). The Bertz CT molecular complexity index is 1870. The van der Waals surface area contributed by atoms with Gasteiger partial charge in [-0.3, -0.25) is 0 Å². The van der Waals surface area contributed by atoms with Gasteiger partial charge < -0.3 is 34.9 Å². The smallest absolute Gasteiger partial charge is 0.213 e.